The van der Waals surface area contributed by atoms with E-state index in [1.807, 2.05) is 0 Å². The maximum Gasteiger partial charge on any atom is 0.269 e. The summed E-state index contributed by atoms with van der Waals surface area (Å²) in [6.45, 7) is 6.77. The van der Waals surface area contributed by atoms with E-state index in [9.17, 15) is 10.1 Å². The van der Waals surface area contributed by atoms with Crippen LogP contribution in [0.1, 0.15) is 32.8 Å². The van der Waals surface area contributed by atoms with Gasteiger partial charge >= 0.3 is 0 Å². The van der Waals surface area contributed by atoms with Gasteiger partial charge in [-0.15, -0.1) is 0 Å². The van der Waals surface area contributed by atoms with E-state index in [-0.39, 0.29) is 22.7 Å². The fraction of sp³-hybridized carbons (Fsp3) is 0.625. The molecule has 1 saturated carbocycles. The van der Waals surface area contributed by atoms with Crippen molar-refractivity contribution in [1.82, 2.24) is 0 Å². The summed E-state index contributed by atoms with van der Waals surface area (Å²) in [5.41, 5.74) is 1.55. The molecule has 22 heavy (non-hydrogen) atoms. The molecule has 2 unspecified atom stereocenters. The molecule has 0 spiro atoms. The van der Waals surface area contributed by atoms with Gasteiger partial charge in [0.1, 0.15) is 0 Å². The summed E-state index contributed by atoms with van der Waals surface area (Å²) in [6, 6.07) is 5.08. The molecular weight excluding hydrogens is 284 g/mol. The number of benzene rings is 1. The number of methoxy groups -OCH3 is 2. The standard InChI is InChI=1S/C16H24N2O4/c1-15(2)14(9-16(15,3)22-5)17-13-7-6-12(18(19)20)8-11(13)10-21-4/h6-8,14,17H,9-10H2,1-5H3. The van der Waals surface area contributed by atoms with Gasteiger partial charge in [-0.2, -0.15) is 0 Å². The van der Waals surface area contributed by atoms with Gasteiger partial charge in [-0.3, -0.25) is 10.1 Å². The lowest BCUT2D eigenvalue weighted by Crippen LogP contribution is -2.65. The highest BCUT2D eigenvalue weighted by molar-refractivity contribution is 5.57. The Bertz CT molecular complexity index is 573. The Morgan fingerprint density at radius 3 is 2.55 bits per heavy atom. The van der Waals surface area contributed by atoms with Crippen molar-refractivity contribution in [3.63, 3.8) is 0 Å². The zero-order valence-electron chi connectivity index (χ0n) is 13.8. The van der Waals surface area contributed by atoms with Crippen LogP contribution in [-0.2, 0) is 16.1 Å². The van der Waals surface area contributed by atoms with Gasteiger partial charge in [0.15, 0.2) is 0 Å². The summed E-state index contributed by atoms with van der Waals surface area (Å²) in [6.07, 6.45) is 0.889. The molecule has 1 aromatic rings. The first kappa shape index (κ1) is 16.7. The van der Waals surface area contributed by atoms with Gasteiger partial charge in [-0.05, 0) is 19.4 Å². The van der Waals surface area contributed by atoms with E-state index in [4.69, 9.17) is 9.47 Å². The zero-order chi connectivity index (χ0) is 16.5. The minimum atomic E-state index is -0.391. The Hall–Kier alpha value is -1.66. The molecule has 0 aliphatic heterocycles. The third-order valence-corrected chi connectivity index (χ3v) is 5.21. The molecule has 122 valence electrons. The van der Waals surface area contributed by atoms with Crippen molar-refractivity contribution in [2.24, 2.45) is 5.41 Å². The van der Waals surface area contributed by atoms with E-state index < -0.39 is 4.92 Å². The molecule has 6 heteroatoms. The van der Waals surface area contributed by atoms with Crippen LogP contribution in [-0.4, -0.2) is 30.8 Å². The number of hydrogen-bond donors (Lipinski definition) is 1. The van der Waals surface area contributed by atoms with E-state index in [1.54, 1.807) is 26.4 Å². The lowest BCUT2D eigenvalue weighted by atomic mass is 9.55. The molecular formula is C16H24N2O4. The lowest BCUT2D eigenvalue weighted by molar-refractivity contribution is -0.384. The number of nitrogens with one attached hydrogen (secondary N) is 1. The molecule has 1 fully saturated rings. The summed E-state index contributed by atoms with van der Waals surface area (Å²) < 4.78 is 10.8. The number of nitro groups is 1. The molecule has 0 heterocycles. The van der Waals surface area contributed by atoms with Crippen molar-refractivity contribution in [3.8, 4) is 0 Å². The van der Waals surface area contributed by atoms with Crippen LogP contribution in [0.5, 0.6) is 0 Å². The number of rotatable bonds is 6. The third-order valence-electron chi connectivity index (χ3n) is 5.21. The highest BCUT2D eigenvalue weighted by Gasteiger charge is 2.57. The Kier molecular flexibility index (Phi) is 4.44. The molecule has 0 aromatic heterocycles. The van der Waals surface area contributed by atoms with Crippen molar-refractivity contribution < 1.29 is 14.4 Å². The number of anilines is 1. The van der Waals surface area contributed by atoms with Crippen LogP contribution in [0.25, 0.3) is 0 Å². The Balaban J connectivity index is 2.22. The number of non-ortho nitro benzene ring substituents is 1. The number of hydrogen-bond acceptors (Lipinski definition) is 5. The molecule has 2 rings (SSSR count). The van der Waals surface area contributed by atoms with Gasteiger partial charge in [0.2, 0.25) is 0 Å². The Labute approximate surface area is 131 Å². The van der Waals surface area contributed by atoms with Gasteiger partial charge in [0, 0.05) is 49.1 Å². The van der Waals surface area contributed by atoms with Crippen LogP contribution in [0.4, 0.5) is 11.4 Å². The molecule has 0 saturated heterocycles. The maximum absolute atomic E-state index is 10.9. The van der Waals surface area contributed by atoms with Gasteiger partial charge < -0.3 is 14.8 Å². The summed E-state index contributed by atoms with van der Waals surface area (Å²) in [5.74, 6) is 0. The van der Waals surface area contributed by atoms with E-state index >= 15 is 0 Å². The highest BCUT2D eigenvalue weighted by Crippen LogP contribution is 2.52. The van der Waals surface area contributed by atoms with Crippen LogP contribution in [0, 0.1) is 15.5 Å². The number of nitro benzene ring substituents is 1. The monoisotopic (exact) mass is 308 g/mol. The molecule has 1 aromatic carbocycles. The lowest BCUT2D eigenvalue weighted by Gasteiger charge is -2.59. The average molecular weight is 308 g/mol. The van der Waals surface area contributed by atoms with Crippen LogP contribution in [0.2, 0.25) is 0 Å². The van der Waals surface area contributed by atoms with Crippen molar-refractivity contribution >= 4 is 11.4 Å². The van der Waals surface area contributed by atoms with Crippen LogP contribution < -0.4 is 5.32 Å². The normalized spacial score (nSPS) is 26.3. The molecule has 2 atom stereocenters. The fourth-order valence-electron chi connectivity index (χ4n) is 3.02. The van der Waals surface area contributed by atoms with Gasteiger partial charge in [0.25, 0.3) is 5.69 Å². The van der Waals surface area contributed by atoms with Gasteiger partial charge in [-0.25, -0.2) is 0 Å². The second-order valence-corrected chi connectivity index (χ2v) is 6.59. The molecule has 1 N–H and O–H groups in total. The average Bonchev–Trinajstić information content (AvgIpc) is 2.48. The topological polar surface area (TPSA) is 73.6 Å². The van der Waals surface area contributed by atoms with Gasteiger partial charge in [-0.1, -0.05) is 13.8 Å². The predicted molar refractivity (Wildman–Crippen MR) is 85.0 cm³/mol. The smallest absolute Gasteiger partial charge is 0.269 e. The minimum absolute atomic E-state index is 0.0339. The number of nitrogens with zero attached hydrogens (tertiary/aromatic N) is 1. The summed E-state index contributed by atoms with van der Waals surface area (Å²) in [4.78, 5) is 10.5. The largest absolute Gasteiger partial charge is 0.381 e. The number of ether oxygens (including phenoxy) is 2. The van der Waals surface area contributed by atoms with Crippen molar-refractivity contribution in [2.75, 3.05) is 19.5 Å². The third kappa shape index (κ3) is 2.68. The minimum Gasteiger partial charge on any atom is -0.381 e. The van der Waals surface area contributed by atoms with Crippen LogP contribution in [0.3, 0.4) is 0 Å². The quantitative estimate of drug-likeness (QED) is 0.644. The van der Waals surface area contributed by atoms with Crippen LogP contribution >= 0.6 is 0 Å². The highest BCUT2D eigenvalue weighted by atomic mass is 16.6. The van der Waals surface area contributed by atoms with E-state index in [0.717, 1.165) is 17.7 Å². The van der Waals surface area contributed by atoms with E-state index in [1.165, 1.54) is 6.07 Å². The summed E-state index contributed by atoms with van der Waals surface area (Å²) in [5, 5.41) is 14.4. The van der Waals surface area contributed by atoms with Crippen molar-refractivity contribution in [2.45, 2.75) is 45.4 Å². The molecule has 0 amide bonds. The fourth-order valence-corrected chi connectivity index (χ4v) is 3.02. The van der Waals surface area contributed by atoms with Crippen molar-refractivity contribution in [1.29, 1.82) is 0 Å². The Morgan fingerprint density at radius 1 is 1.36 bits per heavy atom. The summed E-state index contributed by atoms with van der Waals surface area (Å²) in [7, 11) is 3.32. The van der Waals surface area contributed by atoms with Crippen LogP contribution in [0.15, 0.2) is 18.2 Å². The Morgan fingerprint density at radius 2 is 2.05 bits per heavy atom. The maximum atomic E-state index is 10.9. The van der Waals surface area contributed by atoms with Crippen molar-refractivity contribution in [3.05, 3.63) is 33.9 Å². The first-order valence-electron chi connectivity index (χ1n) is 7.33. The van der Waals surface area contributed by atoms with Gasteiger partial charge in [0.05, 0.1) is 17.1 Å². The predicted octanol–water partition coefficient (Wildman–Crippen LogP) is 3.36. The molecule has 0 radical (unpaired) electrons. The molecule has 6 nitrogen and oxygen atoms in total. The summed E-state index contributed by atoms with van der Waals surface area (Å²) >= 11 is 0. The van der Waals surface area contributed by atoms with E-state index in [2.05, 4.69) is 26.1 Å². The first-order valence-corrected chi connectivity index (χ1v) is 7.33. The molecule has 1 aliphatic rings. The molecule has 0 bridgehead atoms. The SMILES string of the molecule is COCc1cc([N+](=O)[O-])ccc1NC1CC(C)(OC)C1(C)C. The molecule has 1 aliphatic carbocycles. The first-order chi connectivity index (χ1) is 10.2. The zero-order valence-corrected chi connectivity index (χ0v) is 13.8. The second-order valence-electron chi connectivity index (χ2n) is 6.59. The van der Waals surface area contributed by atoms with E-state index in [0.29, 0.717) is 6.61 Å². The second kappa shape index (κ2) is 5.85.